The highest BCUT2D eigenvalue weighted by Gasteiger charge is 2.41. The Morgan fingerprint density at radius 3 is 2.27 bits per heavy atom. The summed E-state index contributed by atoms with van der Waals surface area (Å²) in [5, 5.41) is 7.09. The van der Waals surface area contributed by atoms with E-state index in [0.29, 0.717) is 16.5 Å². The lowest BCUT2D eigenvalue weighted by molar-refractivity contribution is -0.135. The molecule has 0 amide bonds. The van der Waals surface area contributed by atoms with Crippen molar-refractivity contribution in [2.24, 2.45) is 5.10 Å². The third-order valence-corrected chi connectivity index (χ3v) is 5.45. The SMILES string of the molecule is CCOC(=O)C1=NN(c2ccc(Cl)cc2)C(c2ccc(OC)c(OC)c2)N1c1ccccc1. The maximum Gasteiger partial charge on any atom is 0.376 e. The van der Waals surface area contributed by atoms with Crippen LogP contribution in [0.5, 0.6) is 11.5 Å². The van der Waals surface area contributed by atoms with Gasteiger partial charge in [0.1, 0.15) is 0 Å². The molecule has 7 nitrogen and oxygen atoms in total. The molecule has 3 aromatic carbocycles. The van der Waals surface area contributed by atoms with Crippen molar-refractivity contribution >= 4 is 34.8 Å². The van der Waals surface area contributed by atoms with Crippen LogP contribution in [0.2, 0.25) is 5.02 Å². The second kappa shape index (κ2) is 9.83. The van der Waals surface area contributed by atoms with Crippen molar-refractivity contribution in [1.29, 1.82) is 0 Å². The number of halogens is 1. The number of benzene rings is 3. The number of hydrogen-bond acceptors (Lipinski definition) is 7. The van der Waals surface area contributed by atoms with Gasteiger partial charge in [0.2, 0.25) is 5.84 Å². The van der Waals surface area contributed by atoms with Crippen molar-refractivity contribution < 1.29 is 19.0 Å². The molecule has 1 unspecified atom stereocenters. The van der Waals surface area contributed by atoms with Crippen LogP contribution in [0.1, 0.15) is 18.7 Å². The number of ether oxygens (including phenoxy) is 3. The molecule has 0 bridgehead atoms. The van der Waals surface area contributed by atoms with Gasteiger partial charge in [0.15, 0.2) is 17.7 Å². The van der Waals surface area contributed by atoms with E-state index in [2.05, 4.69) is 0 Å². The third kappa shape index (κ3) is 4.45. The van der Waals surface area contributed by atoms with Crippen LogP contribution in [-0.2, 0) is 9.53 Å². The van der Waals surface area contributed by atoms with Crippen molar-refractivity contribution in [3.8, 4) is 11.5 Å². The number of methoxy groups -OCH3 is 2. The monoisotopic (exact) mass is 465 g/mol. The molecule has 170 valence electrons. The first-order valence-corrected chi connectivity index (χ1v) is 10.8. The van der Waals surface area contributed by atoms with Gasteiger partial charge in [0, 0.05) is 16.3 Å². The molecule has 8 heteroatoms. The lowest BCUT2D eigenvalue weighted by Crippen LogP contribution is -2.39. The molecular formula is C25H24ClN3O4. The number of hydrogen-bond donors (Lipinski definition) is 0. The molecule has 1 heterocycles. The second-order valence-electron chi connectivity index (χ2n) is 7.16. The van der Waals surface area contributed by atoms with Gasteiger partial charge in [-0.3, -0.25) is 4.90 Å². The Morgan fingerprint density at radius 2 is 1.64 bits per heavy atom. The summed E-state index contributed by atoms with van der Waals surface area (Å²) in [7, 11) is 3.17. The number of esters is 1. The van der Waals surface area contributed by atoms with E-state index in [1.165, 1.54) is 0 Å². The third-order valence-electron chi connectivity index (χ3n) is 5.20. The van der Waals surface area contributed by atoms with Gasteiger partial charge in [0.05, 0.1) is 26.5 Å². The molecule has 0 fully saturated rings. The van der Waals surface area contributed by atoms with Crippen LogP contribution in [0.4, 0.5) is 11.4 Å². The van der Waals surface area contributed by atoms with E-state index in [0.717, 1.165) is 16.9 Å². The quantitative estimate of drug-likeness (QED) is 0.443. The smallest absolute Gasteiger partial charge is 0.376 e. The molecule has 0 radical (unpaired) electrons. The molecule has 0 aliphatic carbocycles. The van der Waals surface area contributed by atoms with Crippen molar-refractivity contribution in [3.63, 3.8) is 0 Å². The van der Waals surface area contributed by atoms with Crippen molar-refractivity contribution in [3.05, 3.63) is 83.4 Å². The van der Waals surface area contributed by atoms with Gasteiger partial charge in [-0.25, -0.2) is 9.80 Å². The van der Waals surface area contributed by atoms with Gasteiger partial charge in [-0.2, -0.15) is 0 Å². The predicted molar refractivity (Wildman–Crippen MR) is 129 cm³/mol. The number of carbonyl (C=O) groups excluding carboxylic acids is 1. The fraction of sp³-hybridized carbons (Fsp3) is 0.200. The van der Waals surface area contributed by atoms with Crippen LogP contribution in [0.3, 0.4) is 0 Å². The molecule has 0 N–H and O–H groups in total. The average molecular weight is 466 g/mol. The van der Waals surface area contributed by atoms with E-state index in [9.17, 15) is 4.79 Å². The lowest BCUT2D eigenvalue weighted by Gasteiger charge is -2.32. The van der Waals surface area contributed by atoms with E-state index in [1.54, 1.807) is 38.3 Å². The fourth-order valence-corrected chi connectivity index (χ4v) is 3.84. The van der Waals surface area contributed by atoms with Gasteiger partial charge in [-0.1, -0.05) is 35.9 Å². The van der Waals surface area contributed by atoms with Crippen LogP contribution in [0.15, 0.2) is 77.9 Å². The van der Waals surface area contributed by atoms with Crippen LogP contribution in [0, 0.1) is 0 Å². The molecule has 0 aromatic heterocycles. The van der Waals surface area contributed by atoms with Gasteiger partial charge in [-0.05, 0) is 55.5 Å². The molecule has 0 saturated carbocycles. The van der Waals surface area contributed by atoms with Gasteiger partial charge in [0.25, 0.3) is 0 Å². The molecule has 1 aliphatic heterocycles. The highest BCUT2D eigenvalue weighted by Crippen LogP contribution is 2.41. The Balaban J connectivity index is 1.91. The minimum absolute atomic E-state index is 0.179. The summed E-state index contributed by atoms with van der Waals surface area (Å²) in [6.45, 7) is 2.01. The van der Waals surface area contributed by atoms with Crippen LogP contribution < -0.4 is 19.4 Å². The minimum Gasteiger partial charge on any atom is -0.493 e. The summed E-state index contributed by atoms with van der Waals surface area (Å²) in [6.07, 6.45) is -0.493. The van der Waals surface area contributed by atoms with Gasteiger partial charge < -0.3 is 14.2 Å². The fourth-order valence-electron chi connectivity index (χ4n) is 3.71. The summed E-state index contributed by atoms with van der Waals surface area (Å²) >= 11 is 6.12. The Morgan fingerprint density at radius 1 is 0.939 bits per heavy atom. The highest BCUT2D eigenvalue weighted by molar-refractivity contribution is 6.42. The number of amidine groups is 1. The van der Waals surface area contributed by atoms with E-state index >= 15 is 0 Å². The summed E-state index contributed by atoms with van der Waals surface area (Å²) < 4.78 is 16.3. The maximum atomic E-state index is 13.0. The largest absolute Gasteiger partial charge is 0.493 e. The molecule has 33 heavy (non-hydrogen) atoms. The van der Waals surface area contributed by atoms with E-state index < -0.39 is 12.1 Å². The van der Waals surface area contributed by atoms with E-state index in [-0.39, 0.29) is 12.4 Å². The molecule has 4 rings (SSSR count). The zero-order valence-electron chi connectivity index (χ0n) is 18.6. The molecule has 3 aromatic rings. The number of anilines is 2. The summed E-state index contributed by atoms with van der Waals surface area (Å²) in [6, 6.07) is 22.5. The van der Waals surface area contributed by atoms with Crippen molar-refractivity contribution in [1.82, 2.24) is 0 Å². The number of nitrogens with zero attached hydrogens (tertiary/aromatic N) is 3. The topological polar surface area (TPSA) is 63.6 Å². The number of carbonyl (C=O) groups is 1. The van der Waals surface area contributed by atoms with Crippen LogP contribution in [-0.4, -0.2) is 32.6 Å². The number of rotatable bonds is 7. The zero-order valence-corrected chi connectivity index (χ0v) is 19.3. The first-order chi connectivity index (χ1) is 16.1. The molecular weight excluding hydrogens is 442 g/mol. The standard InChI is InChI=1S/C25H24ClN3O4/c1-4-33-25(30)23-27-29(20-13-11-18(26)12-14-20)24(28(23)19-8-6-5-7-9-19)17-10-15-21(31-2)22(16-17)32-3/h5-16,24H,4H2,1-3H3. The first kappa shape index (κ1) is 22.5. The average Bonchev–Trinajstić information content (AvgIpc) is 3.25. The number of para-hydroxylation sites is 1. The van der Waals surface area contributed by atoms with Crippen molar-refractivity contribution in [2.45, 2.75) is 13.1 Å². The normalized spacial score (nSPS) is 15.3. The summed E-state index contributed by atoms with van der Waals surface area (Å²) in [5.74, 6) is 0.847. The molecule has 0 spiro atoms. The first-order valence-electron chi connectivity index (χ1n) is 10.4. The van der Waals surface area contributed by atoms with Crippen LogP contribution in [0.25, 0.3) is 0 Å². The summed E-state index contributed by atoms with van der Waals surface area (Å²) in [4.78, 5) is 14.8. The maximum absolute atomic E-state index is 13.0. The second-order valence-corrected chi connectivity index (χ2v) is 7.60. The van der Waals surface area contributed by atoms with Crippen molar-refractivity contribution in [2.75, 3.05) is 30.7 Å². The highest BCUT2D eigenvalue weighted by atomic mass is 35.5. The van der Waals surface area contributed by atoms with Gasteiger partial charge >= 0.3 is 5.97 Å². The van der Waals surface area contributed by atoms with Crippen LogP contribution >= 0.6 is 11.6 Å². The van der Waals surface area contributed by atoms with E-state index in [1.807, 2.05) is 65.6 Å². The Bertz CT molecular complexity index is 1150. The lowest BCUT2D eigenvalue weighted by atomic mass is 10.1. The Kier molecular flexibility index (Phi) is 6.70. The Labute approximate surface area is 197 Å². The molecule has 1 atom stereocenters. The number of hydrazone groups is 1. The Hall–Kier alpha value is -3.71. The van der Waals surface area contributed by atoms with Gasteiger partial charge in [-0.15, -0.1) is 5.10 Å². The van der Waals surface area contributed by atoms with E-state index in [4.69, 9.17) is 30.9 Å². The zero-order chi connectivity index (χ0) is 23.4. The minimum atomic E-state index is -0.511. The molecule has 1 aliphatic rings. The molecule has 0 saturated heterocycles. The summed E-state index contributed by atoms with van der Waals surface area (Å²) in [5.41, 5.74) is 2.40. The predicted octanol–water partition coefficient (Wildman–Crippen LogP) is 5.26.